The minimum Gasteiger partial charge on any atom is -0.469 e. The van der Waals surface area contributed by atoms with Crippen molar-refractivity contribution >= 4 is 11.9 Å². The van der Waals surface area contributed by atoms with Crippen LogP contribution in [0.2, 0.25) is 0 Å². The smallest absolute Gasteiger partial charge is 0.334 e. The normalized spacial score (nSPS) is 25.4. The fourth-order valence-corrected chi connectivity index (χ4v) is 1.61. The predicted molar refractivity (Wildman–Crippen MR) is 50.8 cm³/mol. The van der Waals surface area contributed by atoms with Crippen molar-refractivity contribution in [3.05, 3.63) is 11.6 Å². The first-order valence-corrected chi connectivity index (χ1v) is 4.66. The van der Waals surface area contributed by atoms with E-state index in [9.17, 15) is 14.7 Å². The number of aliphatic hydroxyl groups is 1. The van der Waals surface area contributed by atoms with Crippen LogP contribution in [-0.4, -0.2) is 37.4 Å². The van der Waals surface area contributed by atoms with Gasteiger partial charge in [-0.15, -0.1) is 0 Å². The Balaban J connectivity index is 2.92. The van der Waals surface area contributed by atoms with Crippen LogP contribution < -0.4 is 0 Å². The molecule has 0 aromatic carbocycles. The van der Waals surface area contributed by atoms with Crippen LogP contribution in [0.5, 0.6) is 0 Å². The number of ether oxygens (including phenoxy) is 2. The zero-order valence-electron chi connectivity index (χ0n) is 8.73. The molecule has 5 heteroatoms. The highest BCUT2D eigenvalue weighted by Crippen LogP contribution is 2.26. The lowest BCUT2D eigenvalue weighted by Gasteiger charge is -2.22. The van der Waals surface area contributed by atoms with E-state index >= 15 is 0 Å². The summed E-state index contributed by atoms with van der Waals surface area (Å²) in [5.74, 6) is -1.69. The largest absolute Gasteiger partial charge is 0.469 e. The van der Waals surface area contributed by atoms with E-state index in [1.54, 1.807) is 0 Å². The van der Waals surface area contributed by atoms with Gasteiger partial charge in [0, 0.05) is 5.57 Å². The molecule has 84 valence electrons. The first-order chi connectivity index (χ1) is 7.10. The van der Waals surface area contributed by atoms with Crippen LogP contribution in [0.25, 0.3) is 0 Å². The molecule has 0 aromatic heterocycles. The fraction of sp³-hybridized carbons (Fsp3) is 0.600. The maximum absolute atomic E-state index is 11.4. The molecule has 1 aliphatic rings. The summed E-state index contributed by atoms with van der Waals surface area (Å²) in [7, 11) is 2.50. The van der Waals surface area contributed by atoms with Crippen molar-refractivity contribution in [2.75, 3.05) is 14.2 Å². The summed E-state index contributed by atoms with van der Waals surface area (Å²) >= 11 is 0. The number of rotatable bonds is 2. The lowest BCUT2D eigenvalue weighted by Crippen LogP contribution is -2.29. The fourth-order valence-electron chi connectivity index (χ4n) is 1.61. The van der Waals surface area contributed by atoms with E-state index in [0.717, 1.165) is 0 Å². The van der Waals surface area contributed by atoms with Gasteiger partial charge in [0.15, 0.2) is 0 Å². The molecule has 5 nitrogen and oxygen atoms in total. The van der Waals surface area contributed by atoms with Gasteiger partial charge in [-0.25, -0.2) is 4.79 Å². The lowest BCUT2D eigenvalue weighted by atomic mass is 9.86. The molecule has 0 bridgehead atoms. The van der Waals surface area contributed by atoms with Gasteiger partial charge in [0.2, 0.25) is 0 Å². The van der Waals surface area contributed by atoms with Crippen LogP contribution >= 0.6 is 0 Å². The lowest BCUT2D eigenvalue weighted by molar-refractivity contribution is -0.148. The first-order valence-electron chi connectivity index (χ1n) is 4.66. The van der Waals surface area contributed by atoms with Gasteiger partial charge in [0.25, 0.3) is 0 Å². The number of hydrogen-bond donors (Lipinski definition) is 1. The van der Waals surface area contributed by atoms with Gasteiger partial charge in [-0.2, -0.15) is 0 Å². The second-order valence-electron chi connectivity index (χ2n) is 3.33. The Labute approximate surface area is 87.7 Å². The van der Waals surface area contributed by atoms with E-state index in [1.165, 1.54) is 20.3 Å². The van der Waals surface area contributed by atoms with Gasteiger partial charge in [-0.3, -0.25) is 4.79 Å². The maximum atomic E-state index is 11.4. The van der Waals surface area contributed by atoms with Gasteiger partial charge in [-0.05, 0) is 18.9 Å². The highest BCUT2D eigenvalue weighted by atomic mass is 16.5. The molecular weight excluding hydrogens is 200 g/mol. The quantitative estimate of drug-likeness (QED) is 0.656. The van der Waals surface area contributed by atoms with Gasteiger partial charge in [-0.1, -0.05) is 0 Å². The number of methoxy groups -OCH3 is 2. The molecule has 0 heterocycles. The summed E-state index contributed by atoms with van der Waals surface area (Å²) < 4.78 is 9.12. The number of aliphatic hydroxyl groups excluding tert-OH is 1. The van der Waals surface area contributed by atoms with Crippen LogP contribution in [0.4, 0.5) is 0 Å². The van der Waals surface area contributed by atoms with E-state index in [-0.39, 0.29) is 5.57 Å². The number of esters is 2. The zero-order chi connectivity index (χ0) is 11.4. The molecule has 0 saturated carbocycles. The molecule has 0 spiro atoms. The molecule has 0 aromatic rings. The Bertz CT molecular complexity index is 294. The molecule has 1 rings (SSSR count). The Morgan fingerprint density at radius 2 is 2.00 bits per heavy atom. The van der Waals surface area contributed by atoms with E-state index in [1.807, 2.05) is 0 Å². The van der Waals surface area contributed by atoms with Crippen LogP contribution in [0.1, 0.15) is 12.8 Å². The third kappa shape index (κ3) is 2.56. The average molecular weight is 214 g/mol. The highest BCUT2D eigenvalue weighted by Gasteiger charge is 2.33. The average Bonchev–Trinajstić information content (AvgIpc) is 2.26. The van der Waals surface area contributed by atoms with Crippen LogP contribution in [0.3, 0.4) is 0 Å². The number of carbonyl (C=O) groups is 2. The molecular formula is C10H14O5. The van der Waals surface area contributed by atoms with Crippen LogP contribution in [0, 0.1) is 5.92 Å². The summed E-state index contributed by atoms with van der Waals surface area (Å²) in [5.41, 5.74) is 0.183. The van der Waals surface area contributed by atoms with Gasteiger partial charge in [0.1, 0.15) is 0 Å². The van der Waals surface area contributed by atoms with Crippen molar-refractivity contribution in [3.8, 4) is 0 Å². The topological polar surface area (TPSA) is 72.8 Å². The van der Waals surface area contributed by atoms with Crippen LogP contribution in [-0.2, 0) is 19.1 Å². The van der Waals surface area contributed by atoms with Crippen molar-refractivity contribution in [2.24, 2.45) is 5.92 Å². The van der Waals surface area contributed by atoms with Crippen molar-refractivity contribution in [1.29, 1.82) is 0 Å². The van der Waals surface area contributed by atoms with Gasteiger partial charge < -0.3 is 14.6 Å². The van der Waals surface area contributed by atoms with E-state index in [0.29, 0.717) is 12.8 Å². The monoisotopic (exact) mass is 214 g/mol. The SMILES string of the molecule is COC(=O)C1=C[C@@H](O)CC[C@H]1C(=O)OC. The summed E-state index contributed by atoms with van der Waals surface area (Å²) in [6.07, 6.45) is 1.51. The third-order valence-electron chi connectivity index (χ3n) is 2.41. The first kappa shape index (κ1) is 11.7. The molecule has 0 fully saturated rings. The summed E-state index contributed by atoms with van der Waals surface area (Å²) in [4.78, 5) is 22.7. The van der Waals surface area contributed by atoms with Gasteiger partial charge >= 0.3 is 11.9 Å². The number of carbonyl (C=O) groups excluding carboxylic acids is 2. The Morgan fingerprint density at radius 1 is 1.33 bits per heavy atom. The molecule has 2 atom stereocenters. The molecule has 0 radical (unpaired) electrons. The number of hydrogen-bond acceptors (Lipinski definition) is 5. The Kier molecular flexibility index (Phi) is 3.85. The van der Waals surface area contributed by atoms with Crippen molar-refractivity contribution in [3.63, 3.8) is 0 Å². The van der Waals surface area contributed by atoms with E-state index in [2.05, 4.69) is 9.47 Å². The van der Waals surface area contributed by atoms with Crippen molar-refractivity contribution in [2.45, 2.75) is 18.9 Å². The zero-order valence-corrected chi connectivity index (χ0v) is 8.73. The second-order valence-corrected chi connectivity index (χ2v) is 3.33. The standard InChI is InChI=1S/C10H14O5/c1-14-9(12)7-4-3-6(11)5-8(7)10(13)15-2/h5-7,11H,3-4H2,1-2H3/t6-,7+/m0/s1. The molecule has 0 saturated heterocycles. The predicted octanol–water partition coefficient (Wildman–Crippen LogP) is 0.0297. The van der Waals surface area contributed by atoms with Crippen molar-refractivity contribution in [1.82, 2.24) is 0 Å². The van der Waals surface area contributed by atoms with E-state index < -0.39 is 24.0 Å². The minimum absolute atomic E-state index is 0.183. The van der Waals surface area contributed by atoms with Gasteiger partial charge in [0.05, 0.1) is 26.2 Å². The summed E-state index contributed by atoms with van der Waals surface area (Å²) in [6, 6.07) is 0. The maximum Gasteiger partial charge on any atom is 0.334 e. The molecule has 1 N–H and O–H groups in total. The van der Waals surface area contributed by atoms with E-state index in [4.69, 9.17) is 0 Å². The third-order valence-corrected chi connectivity index (χ3v) is 2.41. The van der Waals surface area contributed by atoms with Crippen LogP contribution in [0.15, 0.2) is 11.6 Å². The Morgan fingerprint density at radius 3 is 2.53 bits per heavy atom. The highest BCUT2D eigenvalue weighted by molar-refractivity contribution is 5.95. The molecule has 15 heavy (non-hydrogen) atoms. The molecule has 0 aliphatic heterocycles. The summed E-state index contributed by atoms with van der Waals surface area (Å²) in [5, 5.41) is 9.36. The minimum atomic E-state index is -0.694. The summed E-state index contributed by atoms with van der Waals surface area (Å²) in [6.45, 7) is 0. The molecule has 1 aliphatic carbocycles. The van der Waals surface area contributed by atoms with Crippen molar-refractivity contribution < 1.29 is 24.2 Å². The Hall–Kier alpha value is -1.36. The second kappa shape index (κ2) is 4.93. The molecule has 0 amide bonds. The molecule has 0 unspecified atom stereocenters.